The number of hydrogen-bond donors (Lipinski definition) is 1. The van der Waals surface area contributed by atoms with Gasteiger partial charge in [-0.1, -0.05) is 17.7 Å². The standard InChI is InChI=1S/C26H24ClF4N5O2/c1-15(26(29,30)31)32-23(37)14-36-24(16-4-6-21(28)20(27)11-16)33-22-7-5-17(12-19(22)25(36)38)35-10-9-34-8-2-3-18(34)13-35/h2,4-8,11-12,15,18H,3,9-10,13-14H2,1H3,(H,32,37)/t15?,18-/m0/s1. The van der Waals surface area contributed by atoms with Crippen molar-refractivity contribution in [1.82, 2.24) is 19.8 Å². The molecule has 3 aromatic rings. The molecule has 0 aliphatic carbocycles. The summed E-state index contributed by atoms with van der Waals surface area (Å²) in [4.78, 5) is 35.3. The van der Waals surface area contributed by atoms with Crippen molar-refractivity contribution in [2.75, 3.05) is 24.5 Å². The van der Waals surface area contributed by atoms with E-state index in [1.165, 1.54) is 12.1 Å². The van der Waals surface area contributed by atoms with Crippen molar-refractivity contribution in [3.63, 3.8) is 0 Å². The van der Waals surface area contributed by atoms with E-state index in [1.807, 2.05) is 11.4 Å². The van der Waals surface area contributed by atoms with Crippen LogP contribution < -0.4 is 15.8 Å². The minimum absolute atomic E-state index is 0.0161. The summed E-state index contributed by atoms with van der Waals surface area (Å²) in [6, 6.07) is 7.15. The molecule has 1 aromatic heterocycles. The van der Waals surface area contributed by atoms with Crippen molar-refractivity contribution in [3.05, 3.63) is 69.9 Å². The number of carbonyl (C=O) groups is 1. The molecule has 38 heavy (non-hydrogen) atoms. The molecule has 2 aliphatic rings. The maximum Gasteiger partial charge on any atom is 0.408 e. The highest BCUT2D eigenvalue weighted by Gasteiger charge is 2.37. The van der Waals surface area contributed by atoms with Crippen molar-refractivity contribution >= 4 is 34.1 Å². The van der Waals surface area contributed by atoms with Gasteiger partial charge in [-0.3, -0.25) is 14.2 Å². The van der Waals surface area contributed by atoms with E-state index >= 15 is 0 Å². The second kappa shape index (κ2) is 9.94. The molecule has 5 rings (SSSR count). The van der Waals surface area contributed by atoms with Gasteiger partial charge in [0, 0.05) is 36.9 Å². The first-order valence-electron chi connectivity index (χ1n) is 12.0. The minimum atomic E-state index is -4.65. The number of hydrogen-bond acceptors (Lipinski definition) is 5. The van der Waals surface area contributed by atoms with Crippen LogP contribution in [-0.4, -0.2) is 58.3 Å². The highest BCUT2D eigenvalue weighted by Crippen LogP contribution is 2.28. The van der Waals surface area contributed by atoms with Crippen LogP contribution in [-0.2, 0) is 11.3 Å². The Morgan fingerprint density at radius 3 is 2.74 bits per heavy atom. The molecule has 1 unspecified atom stereocenters. The fourth-order valence-electron chi connectivity index (χ4n) is 4.78. The van der Waals surface area contributed by atoms with E-state index in [-0.39, 0.29) is 21.8 Å². The Balaban J connectivity index is 1.56. The summed E-state index contributed by atoms with van der Waals surface area (Å²) in [5.41, 5.74) is 0.766. The van der Waals surface area contributed by atoms with Crippen LogP contribution in [0.4, 0.5) is 23.2 Å². The maximum atomic E-state index is 13.8. The van der Waals surface area contributed by atoms with Gasteiger partial charge >= 0.3 is 6.18 Å². The monoisotopic (exact) mass is 549 g/mol. The lowest BCUT2D eigenvalue weighted by atomic mass is 10.1. The van der Waals surface area contributed by atoms with Crippen LogP contribution >= 0.6 is 11.6 Å². The van der Waals surface area contributed by atoms with Gasteiger partial charge < -0.3 is 15.1 Å². The van der Waals surface area contributed by atoms with E-state index in [9.17, 15) is 27.2 Å². The third-order valence-corrected chi connectivity index (χ3v) is 7.17. The van der Waals surface area contributed by atoms with Gasteiger partial charge in [0.1, 0.15) is 24.2 Å². The number of anilines is 1. The molecule has 200 valence electrons. The molecule has 2 aliphatic heterocycles. The van der Waals surface area contributed by atoms with E-state index in [1.54, 1.807) is 12.1 Å². The lowest BCUT2D eigenvalue weighted by Crippen LogP contribution is -2.49. The predicted molar refractivity (Wildman–Crippen MR) is 137 cm³/mol. The summed E-state index contributed by atoms with van der Waals surface area (Å²) < 4.78 is 53.8. The summed E-state index contributed by atoms with van der Waals surface area (Å²) in [7, 11) is 0. The molecular formula is C26H24ClF4N5O2. The van der Waals surface area contributed by atoms with Gasteiger partial charge in [-0.25, -0.2) is 9.37 Å². The fourth-order valence-corrected chi connectivity index (χ4v) is 4.96. The molecular weight excluding hydrogens is 526 g/mol. The van der Waals surface area contributed by atoms with Crippen LogP contribution in [0, 0.1) is 5.82 Å². The predicted octanol–water partition coefficient (Wildman–Crippen LogP) is 4.33. The molecule has 2 aromatic carbocycles. The van der Waals surface area contributed by atoms with Crippen molar-refractivity contribution in [2.45, 2.75) is 38.1 Å². The number of alkyl halides is 3. The molecule has 0 bridgehead atoms. The molecule has 1 amide bonds. The molecule has 1 saturated heterocycles. The average Bonchev–Trinajstić information content (AvgIpc) is 3.34. The van der Waals surface area contributed by atoms with Gasteiger partial charge in [-0.2, -0.15) is 13.2 Å². The van der Waals surface area contributed by atoms with Crippen molar-refractivity contribution in [3.8, 4) is 11.4 Å². The Morgan fingerprint density at radius 1 is 1.21 bits per heavy atom. The third-order valence-electron chi connectivity index (χ3n) is 6.88. The third kappa shape index (κ3) is 5.07. The van der Waals surface area contributed by atoms with Crippen molar-refractivity contribution in [2.24, 2.45) is 0 Å². The zero-order valence-electron chi connectivity index (χ0n) is 20.3. The number of rotatable bonds is 5. The van der Waals surface area contributed by atoms with E-state index in [0.29, 0.717) is 11.6 Å². The molecule has 0 radical (unpaired) electrons. The van der Waals surface area contributed by atoms with Crippen molar-refractivity contribution in [1.29, 1.82) is 0 Å². The summed E-state index contributed by atoms with van der Waals surface area (Å²) >= 11 is 5.94. The molecule has 2 atom stereocenters. The van der Waals surface area contributed by atoms with Gasteiger partial charge in [0.25, 0.3) is 5.56 Å². The number of nitrogens with zero attached hydrogens (tertiary/aromatic N) is 4. The summed E-state index contributed by atoms with van der Waals surface area (Å²) in [5.74, 6) is -1.73. The van der Waals surface area contributed by atoms with Crippen LogP contribution in [0.15, 0.2) is 53.5 Å². The molecule has 0 saturated carbocycles. The summed E-state index contributed by atoms with van der Waals surface area (Å²) in [5, 5.41) is 1.85. The normalized spacial score (nSPS) is 18.1. The highest BCUT2D eigenvalue weighted by atomic mass is 35.5. The number of piperazine rings is 1. The van der Waals surface area contributed by atoms with Gasteiger partial charge in [-0.15, -0.1) is 0 Å². The number of halogens is 5. The largest absolute Gasteiger partial charge is 0.408 e. The number of aromatic nitrogens is 2. The Kier molecular flexibility index (Phi) is 6.81. The van der Waals surface area contributed by atoms with Gasteiger partial charge in [0.2, 0.25) is 5.91 Å². The Bertz CT molecular complexity index is 1490. The molecule has 1 fully saturated rings. The van der Waals surface area contributed by atoms with Crippen LogP contribution in [0.3, 0.4) is 0 Å². The second-order valence-corrected chi connectivity index (χ2v) is 9.85. The Hall–Kier alpha value is -3.60. The molecule has 3 heterocycles. The zero-order chi connectivity index (χ0) is 27.2. The topological polar surface area (TPSA) is 70.5 Å². The minimum Gasteiger partial charge on any atom is -0.371 e. The lowest BCUT2D eigenvalue weighted by molar-refractivity contribution is -0.158. The lowest BCUT2D eigenvalue weighted by Gasteiger charge is -2.39. The zero-order valence-corrected chi connectivity index (χ0v) is 21.1. The Morgan fingerprint density at radius 2 is 2.00 bits per heavy atom. The number of fused-ring (bicyclic) bond motifs is 2. The van der Waals surface area contributed by atoms with Crippen LogP contribution in [0.1, 0.15) is 13.3 Å². The number of benzene rings is 2. The fraction of sp³-hybridized carbons (Fsp3) is 0.346. The highest BCUT2D eigenvalue weighted by molar-refractivity contribution is 6.31. The van der Waals surface area contributed by atoms with E-state index in [0.717, 1.165) is 49.3 Å². The first-order chi connectivity index (χ1) is 18.0. The van der Waals surface area contributed by atoms with E-state index in [4.69, 9.17) is 11.6 Å². The SMILES string of the molecule is CC(NC(=O)Cn1c(-c2ccc(F)c(Cl)c2)nc2ccc(N3CCN4C=CC[C@H]4C3)cc2c1=O)C(F)(F)F. The molecule has 1 N–H and O–H groups in total. The number of carbonyl (C=O) groups excluding carboxylic acids is 1. The molecule has 0 spiro atoms. The van der Waals surface area contributed by atoms with E-state index in [2.05, 4.69) is 27.1 Å². The molecule has 7 nitrogen and oxygen atoms in total. The smallest absolute Gasteiger partial charge is 0.371 e. The van der Waals surface area contributed by atoms with Gasteiger partial charge in [0.05, 0.1) is 15.9 Å². The summed E-state index contributed by atoms with van der Waals surface area (Å²) in [6.07, 6.45) is 0.515. The van der Waals surface area contributed by atoms with E-state index < -0.39 is 36.0 Å². The maximum absolute atomic E-state index is 13.8. The first-order valence-corrected chi connectivity index (χ1v) is 12.4. The van der Waals surface area contributed by atoms with Crippen LogP contribution in [0.5, 0.6) is 0 Å². The Labute approximate surface area is 220 Å². The first kappa shape index (κ1) is 26.0. The summed E-state index contributed by atoms with van der Waals surface area (Å²) in [6.45, 7) is 2.44. The van der Waals surface area contributed by atoms with Crippen LogP contribution in [0.25, 0.3) is 22.3 Å². The quantitative estimate of drug-likeness (QED) is 0.480. The van der Waals surface area contributed by atoms with Crippen LogP contribution in [0.2, 0.25) is 5.02 Å². The average molecular weight is 550 g/mol. The van der Waals surface area contributed by atoms with Crippen molar-refractivity contribution < 1.29 is 22.4 Å². The second-order valence-electron chi connectivity index (χ2n) is 9.45. The number of amides is 1. The van der Waals surface area contributed by atoms with Gasteiger partial charge in [0.15, 0.2) is 0 Å². The molecule has 12 heteroatoms. The number of nitrogens with one attached hydrogen (secondary N) is 1. The van der Waals surface area contributed by atoms with Gasteiger partial charge in [-0.05, 0) is 55.9 Å².